The smallest absolute Gasteiger partial charge is 0.296 e. The number of aliphatic hydroxyl groups is 1. The first kappa shape index (κ1) is 21.6. The molecule has 10 heteroatoms. The minimum Gasteiger partial charge on any atom is -0.503 e. The number of ether oxygens (including phenoxy) is 2. The number of carbonyl (C=O) groups excluding carboxylic acids is 2. The molecule has 0 spiro atoms. The Labute approximate surface area is 187 Å². The normalized spacial score (nSPS) is 16.2. The molecule has 1 aliphatic rings. The van der Waals surface area contributed by atoms with E-state index in [0.29, 0.717) is 17.1 Å². The van der Waals surface area contributed by atoms with Gasteiger partial charge in [0, 0.05) is 11.5 Å². The molecular formula is C22H21N3O6S. The summed E-state index contributed by atoms with van der Waals surface area (Å²) in [5, 5.41) is 20.1. The Morgan fingerprint density at radius 2 is 2.00 bits per heavy atom. The summed E-state index contributed by atoms with van der Waals surface area (Å²) in [6.45, 7) is 3.92. The third-order valence-electron chi connectivity index (χ3n) is 5.06. The van der Waals surface area contributed by atoms with Crippen molar-refractivity contribution in [1.29, 1.82) is 0 Å². The molecule has 1 N–H and O–H groups in total. The number of ketones is 1. The second-order valence-corrected chi connectivity index (χ2v) is 8.32. The van der Waals surface area contributed by atoms with Gasteiger partial charge in [0.25, 0.3) is 5.91 Å². The van der Waals surface area contributed by atoms with Gasteiger partial charge < -0.3 is 19.0 Å². The van der Waals surface area contributed by atoms with Crippen LogP contribution in [0.25, 0.3) is 0 Å². The van der Waals surface area contributed by atoms with Crippen LogP contribution in [-0.4, -0.2) is 41.2 Å². The molecule has 1 amide bonds. The molecule has 9 nitrogen and oxygen atoms in total. The summed E-state index contributed by atoms with van der Waals surface area (Å²) in [5.74, 6) is -1.08. The number of aromatic nitrogens is 2. The number of furan rings is 1. The van der Waals surface area contributed by atoms with Crippen LogP contribution in [0.15, 0.2) is 52.3 Å². The number of aliphatic hydroxyl groups excluding tert-OH is 1. The van der Waals surface area contributed by atoms with Gasteiger partial charge in [-0.2, -0.15) is 0 Å². The zero-order chi connectivity index (χ0) is 23.0. The average molecular weight is 455 g/mol. The van der Waals surface area contributed by atoms with Gasteiger partial charge in [0.2, 0.25) is 10.9 Å². The van der Waals surface area contributed by atoms with Gasteiger partial charge in [-0.25, -0.2) is 0 Å². The number of Topliss-reactive ketones (excluding diaryl/α,β-unsaturated/α-hetero) is 1. The molecule has 4 rings (SSSR count). The lowest BCUT2D eigenvalue weighted by molar-refractivity contribution is -0.117. The van der Waals surface area contributed by atoms with E-state index in [9.17, 15) is 14.7 Å². The maximum Gasteiger partial charge on any atom is 0.296 e. The Bertz CT molecular complexity index is 1200. The molecule has 0 fully saturated rings. The van der Waals surface area contributed by atoms with Gasteiger partial charge in [0.05, 0.1) is 26.1 Å². The predicted octanol–water partition coefficient (Wildman–Crippen LogP) is 4.05. The summed E-state index contributed by atoms with van der Waals surface area (Å²) in [7, 11) is 2.98. The van der Waals surface area contributed by atoms with Crippen molar-refractivity contribution in [2.75, 3.05) is 19.1 Å². The van der Waals surface area contributed by atoms with Crippen molar-refractivity contribution in [2.24, 2.45) is 0 Å². The quantitative estimate of drug-likeness (QED) is 0.531. The highest BCUT2D eigenvalue weighted by Gasteiger charge is 2.47. The van der Waals surface area contributed by atoms with Crippen LogP contribution in [0.2, 0.25) is 0 Å². The van der Waals surface area contributed by atoms with Crippen LogP contribution in [0, 0.1) is 0 Å². The van der Waals surface area contributed by atoms with E-state index in [0.717, 1.165) is 5.01 Å². The number of rotatable bonds is 7. The SMILES string of the molecule is COc1ccc(OC)c([C@H]2C(C(=O)c3ccco3)=C(O)C(=O)N2c2nnc(C(C)C)s2)c1. The van der Waals surface area contributed by atoms with Crippen molar-refractivity contribution < 1.29 is 28.6 Å². The van der Waals surface area contributed by atoms with Crippen molar-refractivity contribution in [3.05, 3.63) is 64.3 Å². The number of anilines is 1. The molecule has 0 unspecified atom stereocenters. The standard InChI is InChI=1S/C22H21N3O6S/c1-11(2)20-23-24-22(32-20)25-17(13-10-12(29-3)7-8-14(13)30-4)16(19(27)21(25)28)18(26)15-6-5-9-31-15/h5-11,17,27H,1-4H3/t17-/m0/s1. The fourth-order valence-electron chi connectivity index (χ4n) is 3.48. The Balaban J connectivity index is 1.93. The fraction of sp³-hybridized carbons (Fsp3) is 0.273. The third kappa shape index (κ3) is 3.52. The van der Waals surface area contributed by atoms with Gasteiger partial charge in [0.15, 0.2) is 11.5 Å². The summed E-state index contributed by atoms with van der Waals surface area (Å²) >= 11 is 1.22. The number of amides is 1. The number of nitrogens with zero attached hydrogens (tertiary/aromatic N) is 3. The first-order valence-electron chi connectivity index (χ1n) is 9.77. The average Bonchev–Trinajstić information content (AvgIpc) is 3.53. The second-order valence-electron chi connectivity index (χ2n) is 7.33. The van der Waals surface area contributed by atoms with Crippen molar-refractivity contribution >= 4 is 28.2 Å². The molecule has 166 valence electrons. The molecular weight excluding hydrogens is 434 g/mol. The van der Waals surface area contributed by atoms with E-state index in [2.05, 4.69) is 10.2 Å². The molecule has 2 aromatic heterocycles. The number of methoxy groups -OCH3 is 2. The number of hydrogen-bond acceptors (Lipinski definition) is 9. The second kappa shape index (κ2) is 8.46. The van der Waals surface area contributed by atoms with Gasteiger partial charge >= 0.3 is 0 Å². The Kier molecular flexibility index (Phi) is 5.70. The van der Waals surface area contributed by atoms with Gasteiger partial charge in [-0.15, -0.1) is 10.2 Å². The van der Waals surface area contributed by atoms with Crippen LogP contribution in [0.5, 0.6) is 11.5 Å². The molecule has 3 aromatic rings. The first-order valence-corrected chi connectivity index (χ1v) is 10.6. The number of hydrogen-bond donors (Lipinski definition) is 1. The molecule has 0 saturated carbocycles. The number of carbonyl (C=O) groups is 2. The van der Waals surface area contributed by atoms with E-state index in [4.69, 9.17) is 13.9 Å². The highest BCUT2D eigenvalue weighted by molar-refractivity contribution is 7.15. The highest BCUT2D eigenvalue weighted by atomic mass is 32.1. The minimum atomic E-state index is -1.03. The topological polar surface area (TPSA) is 115 Å². The molecule has 0 radical (unpaired) electrons. The fourth-order valence-corrected chi connectivity index (χ4v) is 4.35. The molecule has 1 atom stereocenters. The molecule has 1 aromatic carbocycles. The summed E-state index contributed by atoms with van der Waals surface area (Å²) in [6, 6.07) is 7.02. The minimum absolute atomic E-state index is 0.00630. The van der Waals surface area contributed by atoms with E-state index >= 15 is 0 Å². The lowest BCUT2D eigenvalue weighted by Gasteiger charge is -2.25. The Hall–Kier alpha value is -3.66. The first-order chi connectivity index (χ1) is 15.4. The largest absolute Gasteiger partial charge is 0.503 e. The maximum absolute atomic E-state index is 13.3. The van der Waals surface area contributed by atoms with Gasteiger partial charge in [-0.05, 0) is 30.3 Å². The van der Waals surface area contributed by atoms with E-state index in [1.54, 1.807) is 24.3 Å². The third-order valence-corrected chi connectivity index (χ3v) is 6.28. The molecule has 0 aliphatic carbocycles. The summed E-state index contributed by atoms with van der Waals surface area (Å²) in [5.41, 5.74) is 0.304. The van der Waals surface area contributed by atoms with Crippen LogP contribution in [-0.2, 0) is 4.79 Å². The van der Waals surface area contributed by atoms with Crippen LogP contribution >= 0.6 is 11.3 Å². The zero-order valence-corrected chi connectivity index (χ0v) is 18.7. The van der Waals surface area contributed by atoms with Crippen molar-refractivity contribution in [2.45, 2.75) is 25.8 Å². The molecule has 0 saturated heterocycles. The van der Waals surface area contributed by atoms with Crippen molar-refractivity contribution in [3.8, 4) is 11.5 Å². The van der Waals surface area contributed by atoms with E-state index < -0.39 is 23.5 Å². The Morgan fingerprint density at radius 1 is 1.22 bits per heavy atom. The molecule has 1 aliphatic heterocycles. The van der Waals surface area contributed by atoms with E-state index in [1.165, 1.54) is 42.8 Å². The van der Waals surface area contributed by atoms with Crippen LogP contribution < -0.4 is 14.4 Å². The predicted molar refractivity (Wildman–Crippen MR) is 116 cm³/mol. The Morgan fingerprint density at radius 3 is 2.59 bits per heavy atom. The number of benzene rings is 1. The monoisotopic (exact) mass is 455 g/mol. The van der Waals surface area contributed by atoms with Crippen LogP contribution in [0.1, 0.15) is 46.9 Å². The lowest BCUT2D eigenvalue weighted by atomic mass is 9.94. The van der Waals surface area contributed by atoms with Crippen molar-refractivity contribution in [3.63, 3.8) is 0 Å². The van der Waals surface area contributed by atoms with E-state index in [-0.39, 0.29) is 22.4 Å². The van der Waals surface area contributed by atoms with Crippen LogP contribution in [0.4, 0.5) is 5.13 Å². The van der Waals surface area contributed by atoms with Gasteiger partial charge in [0.1, 0.15) is 22.5 Å². The molecule has 0 bridgehead atoms. The van der Waals surface area contributed by atoms with Crippen molar-refractivity contribution in [1.82, 2.24) is 10.2 Å². The lowest BCUT2D eigenvalue weighted by Crippen LogP contribution is -2.31. The molecule has 3 heterocycles. The summed E-state index contributed by atoms with van der Waals surface area (Å²) < 4.78 is 16.1. The van der Waals surface area contributed by atoms with Crippen LogP contribution in [0.3, 0.4) is 0 Å². The highest BCUT2D eigenvalue weighted by Crippen LogP contribution is 2.46. The van der Waals surface area contributed by atoms with Gasteiger partial charge in [-0.3, -0.25) is 14.5 Å². The summed E-state index contributed by atoms with van der Waals surface area (Å²) in [4.78, 5) is 27.8. The molecule has 32 heavy (non-hydrogen) atoms. The van der Waals surface area contributed by atoms with E-state index in [1.807, 2.05) is 13.8 Å². The zero-order valence-electron chi connectivity index (χ0n) is 17.9. The summed E-state index contributed by atoms with van der Waals surface area (Å²) in [6.07, 6.45) is 1.35. The maximum atomic E-state index is 13.3. The van der Waals surface area contributed by atoms with Gasteiger partial charge in [-0.1, -0.05) is 25.2 Å².